The molecular weight excluding hydrogens is 287 g/mol. The van der Waals surface area contributed by atoms with Crippen LogP contribution in [0.15, 0.2) is 48.5 Å². The van der Waals surface area contributed by atoms with Crippen LogP contribution in [0.5, 0.6) is 0 Å². The number of nitrogens with one attached hydrogen (secondary N) is 1. The van der Waals surface area contributed by atoms with Crippen LogP contribution < -0.4 is 5.32 Å². The third kappa shape index (κ3) is 2.69. The third-order valence-corrected chi connectivity index (χ3v) is 3.56. The predicted molar refractivity (Wildman–Crippen MR) is 86.3 cm³/mol. The number of anilines is 1. The van der Waals surface area contributed by atoms with E-state index in [9.17, 15) is 4.39 Å². The summed E-state index contributed by atoms with van der Waals surface area (Å²) in [5.74, 6) is -0.360. The molecule has 21 heavy (non-hydrogen) atoms. The Bertz CT molecular complexity index is 788. The number of pyridine rings is 1. The summed E-state index contributed by atoms with van der Waals surface area (Å²) >= 11 is 6.16. The van der Waals surface area contributed by atoms with Crippen molar-refractivity contribution in [2.45, 2.75) is 6.92 Å². The monoisotopic (exact) mass is 300 g/mol. The van der Waals surface area contributed by atoms with Gasteiger partial charge in [-0.05, 0) is 25.1 Å². The smallest absolute Gasteiger partial charge is 0.125 e. The average molecular weight is 301 g/mol. The van der Waals surface area contributed by atoms with Crippen molar-refractivity contribution in [3.8, 4) is 11.3 Å². The van der Waals surface area contributed by atoms with Crippen molar-refractivity contribution in [1.82, 2.24) is 4.98 Å². The first-order valence-corrected chi connectivity index (χ1v) is 7.16. The Morgan fingerprint density at radius 3 is 2.62 bits per heavy atom. The molecule has 106 valence electrons. The maximum atomic E-state index is 13.6. The highest BCUT2D eigenvalue weighted by Crippen LogP contribution is 2.32. The first kappa shape index (κ1) is 13.8. The van der Waals surface area contributed by atoms with Crippen LogP contribution in [0.4, 0.5) is 10.1 Å². The first-order chi connectivity index (χ1) is 10.2. The van der Waals surface area contributed by atoms with E-state index < -0.39 is 0 Å². The highest BCUT2D eigenvalue weighted by molar-refractivity contribution is 6.35. The topological polar surface area (TPSA) is 24.9 Å². The second-order valence-corrected chi connectivity index (χ2v) is 5.14. The van der Waals surface area contributed by atoms with Crippen molar-refractivity contribution < 1.29 is 4.39 Å². The second kappa shape index (κ2) is 5.70. The van der Waals surface area contributed by atoms with E-state index in [-0.39, 0.29) is 5.82 Å². The molecule has 0 bridgehead atoms. The van der Waals surface area contributed by atoms with Crippen molar-refractivity contribution in [2.75, 3.05) is 11.9 Å². The molecule has 0 spiro atoms. The molecule has 0 unspecified atom stereocenters. The maximum Gasteiger partial charge on any atom is 0.125 e. The Kier molecular flexibility index (Phi) is 3.76. The number of rotatable bonds is 3. The average Bonchev–Trinajstić information content (AvgIpc) is 2.49. The minimum atomic E-state index is -0.360. The van der Waals surface area contributed by atoms with Gasteiger partial charge in [-0.2, -0.15) is 0 Å². The fourth-order valence-corrected chi connectivity index (χ4v) is 2.59. The van der Waals surface area contributed by atoms with Crippen molar-refractivity contribution in [3.63, 3.8) is 0 Å². The summed E-state index contributed by atoms with van der Waals surface area (Å²) < 4.78 is 13.6. The molecule has 1 aromatic heterocycles. The lowest BCUT2D eigenvalue weighted by Crippen LogP contribution is -2.00. The molecule has 0 radical (unpaired) electrons. The van der Waals surface area contributed by atoms with E-state index in [2.05, 4.69) is 10.3 Å². The molecule has 0 saturated heterocycles. The minimum Gasteiger partial charge on any atom is -0.385 e. The lowest BCUT2D eigenvalue weighted by molar-refractivity contribution is 0.629. The number of hydrogen-bond donors (Lipinski definition) is 1. The summed E-state index contributed by atoms with van der Waals surface area (Å²) in [5.41, 5.74) is 3.25. The quantitative estimate of drug-likeness (QED) is 0.725. The van der Waals surface area contributed by atoms with Crippen LogP contribution in [0.2, 0.25) is 5.02 Å². The van der Waals surface area contributed by atoms with Crippen LogP contribution >= 0.6 is 11.6 Å². The lowest BCUT2D eigenvalue weighted by atomic mass is 10.1. The van der Waals surface area contributed by atoms with Crippen molar-refractivity contribution in [2.24, 2.45) is 0 Å². The number of halogens is 2. The summed E-state index contributed by atoms with van der Waals surface area (Å²) in [6.07, 6.45) is 0. The van der Waals surface area contributed by atoms with Gasteiger partial charge < -0.3 is 5.32 Å². The van der Waals surface area contributed by atoms with E-state index in [1.165, 1.54) is 12.1 Å². The van der Waals surface area contributed by atoms with Crippen LogP contribution in [0.3, 0.4) is 0 Å². The predicted octanol–water partition coefficient (Wildman–Crippen LogP) is 5.13. The fraction of sp³-hybridized carbons (Fsp3) is 0.118. The van der Waals surface area contributed by atoms with Gasteiger partial charge in [-0.1, -0.05) is 41.9 Å². The molecule has 0 aliphatic rings. The van der Waals surface area contributed by atoms with Gasteiger partial charge in [-0.15, -0.1) is 0 Å². The van der Waals surface area contributed by atoms with E-state index in [4.69, 9.17) is 11.6 Å². The van der Waals surface area contributed by atoms with Gasteiger partial charge in [-0.3, -0.25) is 0 Å². The summed E-state index contributed by atoms with van der Waals surface area (Å²) in [5, 5.41) is 4.27. The molecule has 4 heteroatoms. The highest BCUT2D eigenvalue weighted by Gasteiger charge is 2.11. The summed E-state index contributed by atoms with van der Waals surface area (Å²) in [4.78, 5) is 4.59. The van der Waals surface area contributed by atoms with Gasteiger partial charge in [0.2, 0.25) is 0 Å². The third-order valence-electron chi connectivity index (χ3n) is 3.27. The summed E-state index contributed by atoms with van der Waals surface area (Å²) in [6, 6.07) is 14.5. The molecule has 3 aromatic rings. The molecule has 0 amide bonds. The standard InChI is InChI=1S/C17H14ClFN2/c1-2-20-16-10-15(11-6-4-3-5-7-11)21-17-13(16)8-12(19)9-14(17)18/h3-10H,2H2,1H3,(H,20,21). The molecule has 0 aliphatic carbocycles. The van der Waals surface area contributed by atoms with Crippen molar-refractivity contribution in [1.29, 1.82) is 0 Å². The molecule has 2 aromatic carbocycles. The van der Waals surface area contributed by atoms with E-state index >= 15 is 0 Å². The van der Waals surface area contributed by atoms with Crippen LogP contribution in [0, 0.1) is 5.82 Å². The minimum absolute atomic E-state index is 0.321. The molecule has 0 saturated carbocycles. The summed E-state index contributed by atoms with van der Waals surface area (Å²) in [7, 11) is 0. The van der Waals surface area contributed by atoms with E-state index in [1.807, 2.05) is 43.3 Å². The SMILES string of the molecule is CCNc1cc(-c2ccccc2)nc2c(Cl)cc(F)cc12. The number of benzene rings is 2. The Hall–Kier alpha value is -2.13. The number of hydrogen-bond acceptors (Lipinski definition) is 2. The van der Waals surface area contributed by atoms with Gasteiger partial charge in [0.25, 0.3) is 0 Å². The Balaban J connectivity index is 2.29. The number of fused-ring (bicyclic) bond motifs is 1. The lowest BCUT2D eigenvalue weighted by Gasteiger charge is -2.12. The van der Waals surface area contributed by atoms with Crippen LogP contribution in [0.1, 0.15) is 6.92 Å². The zero-order valence-electron chi connectivity index (χ0n) is 11.5. The van der Waals surface area contributed by atoms with Gasteiger partial charge in [0.1, 0.15) is 5.82 Å². The Morgan fingerprint density at radius 2 is 1.90 bits per heavy atom. The van der Waals surface area contributed by atoms with Gasteiger partial charge in [0, 0.05) is 23.2 Å². The zero-order valence-corrected chi connectivity index (χ0v) is 12.3. The Morgan fingerprint density at radius 1 is 1.14 bits per heavy atom. The summed E-state index contributed by atoms with van der Waals surface area (Å²) in [6.45, 7) is 2.73. The van der Waals surface area contributed by atoms with Crippen molar-refractivity contribution in [3.05, 3.63) is 59.4 Å². The molecule has 0 aliphatic heterocycles. The molecule has 2 nitrogen and oxygen atoms in total. The molecule has 1 N–H and O–H groups in total. The van der Waals surface area contributed by atoms with Gasteiger partial charge in [0.15, 0.2) is 0 Å². The van der Waals surface area contributed by atoms with Gasteiger partial charge in [-0.25, -0.2) is 9.37 Å². The van der Waals surface area contributed by atoms with E-state index in [0.717, 1.165) is 23.5 Å². The van der Waals surface area contributed by atoms with Crippen molar-refractivity contribution >= 4 is 28.2 Å². The maximum absolute atomic E-state index is 13.6. The molecule has 0 atom stereocenters. The molecule has 1 heterocycles. The molecule has 0 fully saturated rings. The second-order valence-electron chi connectivity index (χ2n) is 4.74. The largest absolute Gasteiger partial charge is 0.385 e. The van der Waals surface area contributed by atoms with Gasteiger partial charge in [0.05, 0.1) is 16.2 Å². The number of aromatic nitrogens is 1. The normalized spacial score (nSPS) is 10.8. The molecule has 3 rings (SSSR count). The van der Waals surface area contributed by atoms with Crippen LogP contribution in [-0.4, -0.2) is 11.5 Å². The highest BCUT2D eigenvalue weighted by atomic mass is 35.5. The van der Waals surface area contributed by atoms with Crippen LogP contribution in [0.25, 0.3) is 22.2 Å². The van der Waals surface area contributed by atoms with E-state index in [1.54, 1.807) is 0 Å². The Labute approximate surface area is 127 Å². The zero-order chi connectivity index (χ0) is 14.8. The fourth-order valence-electron chi connectivity index (χ4n) is 2.35. The van der Waals surface area contributed by atoms with Crippen LogP contribution in [-0.2, 0) is 0 Å². The number of nitrogens with zero attached hydrogens (tertiary/aromatic N) is 1. The first-order valence-electron chi connectivity index (χ1n) is 6.78. The molecular formula is C17H14ClFN2. The van der Waals surface area contributed by atoms with Gasteiger partial charge >= 0.3 is 0 Å². The van der Waals surface area contributed by atoms with E-state index in [0.29, 0.717) is 15.9 Å².